The van der Waals surface area contributed by atoms with Crippen molar-refractivity contribution in [3.05, 3.63) is 59.7 Å². The number of aromatic nitrogens is 4. The Hall–Kier alpha value is -2.80. The van der Waals surface area contributed by atoms with Crippen LogP contribution in [-0.2, 0) is 5.60 Å². The molecule has 7 heteroatoms. The Balaban J connectivity index is 1.75. The van der Waals surface area contributed by atoms with Crippen LogP contribution in [0.3, 0.4) is 0 Å². The minimum absolute atomic E-state index is 0.0238. The van der Waals surface area contributed by atoms with Crippen LogP contribution in [0.25, 0.3) is 5.78 Å². The minimum Gasteiger partial charge on any atom is -0.384 e. The third-order valence-corrected chi connectivity index (χ3v) is 3.62. The third-order valence-electron chi connectivity index (χ3n) is 3.62. The first-order valence-corrected chi connectivity index (χ1v) is 7.22. The number of fused-ring (bicyclic) bond motifs is 1. The van der Waals surface area contributed by atoms with E-state index in [1.54, 1.807) is 19.2 Å². The van der Waals surface area contributed by atoms with Crippen molar-refractivity contribution in [3.63, 3.8) is 0 Å². The van der Waals surface area contributed by atoms with Gasteiger partial charge in [0.05, 0.1) is 6.54 Å². The zero-order valence-corrected chi connectivity index (χ0v) is 12.9. The maximum Gasteiger partial charge on any atom is 0.291 e. The summed E-state index contributed by atoms with van der Waals surface area (Å²) in [5, 5.41) is 17.3. The number of benzene rings is 1. The van der Waals surface area contributed by atoms with Gasteiger partial charge in [-0.05, 0) is 25.5 Å². The first kappa shape index (κ1) is 15.1. The van der Waals surface area contributed by atoms with E-state index in [-0.39, 0.29) is 12.4 Å². The lowest BCUT2D eigenvalue weighted by Gasteiger charge is -2.23. The van der Waals surface area contributed by atoms with Crippen molar-refractivity contribution in [1.29, 1.82) is 0 Å². The van der Waals surface area contributed by atoms with Gasteiger partial charge in [-0.2, -0.15) is 4.98 Å². The number of aliphatic hydroxyl groups is 1. The van der Waals surface area contributed by atoms with Crippen molar-refractivity contribution in [2.75, 3.05) is 6.54 Å². The van der Waals surface area contributed by atoms with Crippen LogP contribution in [-0.4, -0.2) is 37.1 Å². The lowest BCUT2D eigenvalue weighted by Crippen LogP contribution is -2.39. The molecule has 3 rings (SSSR count). The second kappa shape index (κ2) is 5.77. The molecule has 1 aromatic carbocycles. The molecule has 1 amide bonds. The van der Waals surface area contributed by atoms with E-state index in [1.807, 2.05) is 37.3 Å². The summed E-state index contributed by atoms with van der Waals surface area (Å²) in [6, 6.07) is 10.9. The molecule has 0 fully saturated rings. The molecule has 2 heterocycles. The van der Waals surface area contributed by atoms with E-state index in [1.165, 1.54) is 4.52 Å². The summed E-state index contributed by atoms with van der Waals surface area (Å²) < 4.78 is 1.50. The Labute approximate surface area is 133 Å². The van der Waals surface area contributed by atoms with Crippen LogP contribution in [0.15, 0.2) is 42.6 Å². The van der Waals surface area contributed by atoms with Gasteiger partial charge in [-0.15, -0.1) is 5.10 Å². The summed E-state index contributed by atoms with van der Waals surface area (Å²) in [6.07, 6.45) is 1.61. The number of carbonyl (C=O) groups is 1. The van der Waals surface area contributed by atoms with Gasteiger partial charge >= 0.3 is 0 Å². The molecule has 0 saturated carbocycles. The second-order valence-corrected chi connectivity index (χ2v) is 5.56. The molecule has 118 valence electrons. The van der Waals surface area contributed by atoms with Crippen molar-refractivity contribution in [2.24, 2.45) is 0 Å². The van der Waals surface area contributed by atoms with Crippen molar-refractivity contribution < 1.29 is 9.90 Å². The lowest BCUT2D eigenvalue weighted by atomic mass is 9.96. The van der Waals surface area contributed by atoms with Gasteiger partial charge in [0.15, 0.2) is 0 Å². The molecule has 0 aliphatic rings. The Morgan fingerprint density at radius 1 is 1.30 bits per heavy atom. The number of rotatable bonds is 4. The number of aryl methyl sites for hydroxylation is 1. The Kier molecular flexibility index (Phi) is 3.79. The number of hydrogen-bond acceptors (Lipinski definition) is 5. The quantitative estimate of drug-likeness (QED) is 0.752. The summed E-state index contributed by atoms with van der Waals surface area (Å²) in [7, 11) is 0. The summed E-state index contributed by atoms with van der Waals surface area (Å²) in [5.74, 6) is -0.0632. The molecule has 0 bridgehead atoms. The molecule has 2 N–H and O–H groups in total. The standard InChI is InChI=1S/C16H17N5O2/c1-11-8-9-17-15-19-13(20-21(11)15)14(22)18-10-16(2,23)12-6-4-3-5-7-12/h3-9,23H,10H2,1-2H3,(H,18,22). The summed E-state index contributed by atoms with van der Waals surface area (Å²) in [5.41, 5.74) is 0.378. The molecular formula is C16H17N5O2. The molecular weight excluding hydrogens is 294 g/mol. The van der Waals surface area contributed by atoms with Crippen LogP contribution < -0.4 is 5.32 Å². The van der Waals surface area contributed by atoms with E-state index in [0.717, 1.165) is 11.3 Å². The van der Waals surface area contributed by atoms with Gasteiger partial charge in [0.1, 0.15) is 5.60 Å². The molecule has 3 aromatic rings. The highest BCUT2D eigenvalue weighted by atomic mass is 16.3. The number of nitrogens with zero attached hydrogens (tertiary/aromatic N) is 4. The van der Waals surface area contributed by atoms with Gasteiger partial charge in [-0.1, -0.05) is 30.3 Å². The highest BCUT2D eigenvalue weighted by Gasteiger charge is 2.25. The molecule has 2 aromatic heterocycles. The highest BCUT2D eigenvalue weighted by molar-refractivity contribution is 5.90. The average molecular weight is 311 g/mol. The maximum absolute atomic E-state index is 12.2. The third kappa shape index (κ3) is 3.04. The monoisotopic (exact) mass is 311 g/mol. The summed E-state index contributed by atoms with van der Waals surface area (Å²) >= 11 is 0. The van der Waals surface area contributed by atoms with E-state index in [2.05, 4.69) is 20.4 Å². The first-order valence-electron chi connectivity index (χ1n) is 7.22. The fourth-order valence-electron chi connectivity index (χ4n) is 2.23. The van der Waals surface area contributed by atoms with Crippen LogP contribution in [0.5, 0.6) is 0 Å². The SMILES string of the molecule is Cc1ccnc2nc(C(=O)NCC(C)(O)c3ccccc3)nn12. The molecule has 23 heavy (non-hydrogen) atoms. The van der Waals surface area contributed by atoms with E-state index < -0.39 is 11.5 Å². The number of amides is 1. The first-order chi connectivity index (χ1) is 11.0. The van der Waals surface area contributed by atoms with Crippen molar-refractivity contribution in [1.82, 2.24) is 24.9 Å². The van der Waals surface area contributed by atoms with Crippen molar-refractivity contribution in [3.8, 4) is 0 Å². The molecule has 0 aliphatic heterocycles. The van der Waals surface area contributed by atoms with E-state index in [0.29, 0.717) is 5.78 Å². The fraction of sp³-hybridized carbons (Fsp3) is 0.250. The van der Waals surface area contributed by atoms with Gasteiger partial charge in [0, 0.05) is 11.9 Å². The predicted octanol–water partition coefficient (Wildman–Crippen LogP) is 1.07. The number of nitrogens with one attached hydrogen (secondary N) is 1. The number of carbonyl (C=O) groups excluding carboxylic acids is 1. The van der Waals surface area contributed by atoms with E-state index in [4.69, 9.17) is 0 Å². The zero-order chi connectivity index (χ0) is 16.4. The molecule has 0 spiro atoms. The van der Waals surface area contributed by atoms with Crippen LogP contribution in [0.1, 0.15) is 28.8 Å². The van der Waals surface area contributed by atoms with Crippen molar-refractivity contribution in [2.45, 2.75) is 19.4 Å². The van der Waals surface area contributed by atoms with Gasteiger partial charge in [-0.3, -0.25) is 4.79 Å². The van der Waals surface area contributed by atoms with Crippen LogP contribution in [0.2, 0.25) is 0 Å². The smallest absolute Gasteiger partial charge is 0.291 e. The van der Waals surface area contributed by atoms with Gasteiger partial charge < -0.3 is 10.4 Å². The summed E-state index contributed by atoms with van der Waals surface area (Å²) in [4.78, 5) is 20.4. The normalized spacial score (nSPS) is 13.7. The summed E-state index contributed by atoms with van der Waals surface area (Å²) in [6.45, 7) is 3.55. The molecule has 0 aliphatic carbocycles. The zero-order valence-electron chi connectivity index (χ0n) is 12.9. The van der Waals surface area contributed by atoms with E-state index in [9.17, 15) is 9.90 Å². The van der Waals surface area contributed by atoms with Crippen molar-refractivity contribution >= 4 is 11.7 Å². The predicted molar refractivity (Wildman–Crippen MR) is 83.9 cm³/mol. The van der Waals surface area contributed by atoms with Gasteiger partial charge in [0.2, 0.25) is 5.82 Å². The highest BCUT2D eigenvalue weighted by Crippen LogP contribution is 2.19. The largest absolute Gasteiger partial charge is 0.384 e. The fourth-order valence-corrected chi connectivity index (χ4v) is 2.23. The van der Waals surface area contributed by atoms with E-state index >= 15 is 0 Å². The maximum atomic E-state index is 12.2. The minimum atomic E-state index is -1.18. The molecule has 1 atom stereocenters. The average Bonchev–Trinajstić information content (AvgIpc) is 2.99. The van der Waals surface area contributed by atoms with Crippen LogP contribution >= 0.6 is 0 Å². The Morgan fingerprint density at radius 2 is 2.04 bits per heavy atom. The van der Waals surface area contributed by atoms with Crippen LogP contribution in [0.4, 0.5) is 0 Å². The van der Waals surface area contributed by atoms with Gasteiger partial charge in [-0.25, -0.2) is 9.50 Å². The molecule has 1 unspecified atom stereocenters. The topological polar surface area (TPSA) is 92.4 Å². The van der Waals surface area contributed by atoms with Gasteiger partial charge in [0.25, 0.3) is 11.7 Å². The molecule has 0 saturated heterocycles. The van der Waals surface area contributed by atoms with Crippen LogP contribution in [0, 0.1) is 6.92 Å². The second-order valence-electron chi connectivity index (χ2n) is 5.56. The molecule has 7 nitrogen and oxygen atoms in total. The molecule has 0 radical (unpaired) electrons. The Morgan fingerprint density at radius 3 is 2.74 bits per heavy atom. The Bertz CT molecular complexity index is 842. The lowest BCUT2D eigenvalue weighted by molar-refractivity contribution is 0.0523. The number of hydrogen-bond donors (Lipinski definition) is 2.